The first-order valence-corrected chi connectivity index (χ1v) is 4.95. The largest absolute Gasteiger partial charge is 0.487 e. The van der Waals surface area contributed by atoms with Crippen molar-refractivity contribution >= 4 is 5.69 Å². The van der Waals surface area contributed by atoms with Gasteiger partial charge in [0.05, 0.1) is 18.0 Å². The van der Waals surface area contributed by atoms with Gasteiger partial charge in [0.15, 0.2) is 11.4 Å². The maximum atomic E-state index is 8.88. The minimum absolute atomic E-state index is 0.288. The Morgan fingerprint density at radius 1 is 1.53 bits per heavy atom. The smallest absolute Gasteiger partial charge is 0.182 e. The summed E-state index contributed by atoms with van der Waals surface area (Å²) in [6.07, 6.45) is 4.13. The number of hydrogen-bond donors (Lipinski definition) is 0. The second kappa shape index (κ2) is 3.77. The lowest BCUT2D eigenvalue weighted by Gasteiger charge is -2.14. The molecule has 0 aliphatic heterocycles. The zero-order valence-electron chi connectivity index (χ0n) is 8.90. The summed E-state index contributed by atoms with van der Waals surface area (Å²) >= 11 is 0. The Balaban J connectivity index is 2.29. The highest BCUT2D eigenvalue weighted by Crippen LogP contribution is 2.30. The predicted octanol–water partition coefficient (Wildman–Crippen LogP) is 1.56. The third kappa shape index (κ3) is 2.18. The van der Waals surface area contributed by atoms with Crippen molar-refractivity contribution in [3.8, 4) is 11.8 Å². The molecule has 0 unspecified atom stereocenters. The fraction of sp³-hybridized carbons (Fsp3) is 0.455. The van der Waals surface area contributed by atoms with Crippen LogP contribution < -0.4 is 9.64 Å². The van der Waals surface area contributed by atoms with Gasteiger partial charge in [0.2, 0.25) is 0 Å². The van der Waals surface area contributed by atoms with Crippen LogP contribution in [-0.4, -0.2) is 25.2 Å². The quantitative estimate of drug-likeness (QED) is 0.748. The van der Waals surface area contributed by atoms with Crippen molar-refractivity contribution in [2.24, 2.45) is 0 Å². The van der Waals surface area contributed by atoms with Crippen molar-refractivity contribution in [1.29, 1.82) is 5.26 Å². The van der Waals surface area contributed by atoms with Crippen molar-refractivity contribution < 1.29 is 4.74 Å². The van der Waals surface area contributed by atoms with E-state index in [2.05, 4.69) is 4.98 Å². The monoisotopic (exact) mass is 203 g/mol. The minimum atomic E-state index is 0.288. The third-order valence-corrected chi connectivity index (χ3v) is 2.28. The average molecular weight is 203 g/mol. The van der Waals surface area contributed by atoms with Gasteiger partial charge in [0.25, 0.3) is 0 Å². The lowest BCUT2D eigenvalue weighted by Crippen LogP contribution is -2.10. The van der Waals surface area contributed by atoms with Crippen LogP contribution in [0.3, 0.4) is 0 Å². The molecule has 0 spiro atoms. The number of anilines is 1. The molecule has 0 aromatic carbocycles. The Morgan fingerprint density at radius 2 is 2.27 bits per heavy atom. The summed E-state index contributed by atoms with van der Waals surface area (Å²) in [5.41, 5.74) is 1.32. The summed E-state index contributed by atoms with van der Waals surface area (Å²) < 4.78 is 5.63. The Hall–Kier alpha value is -1.76. The highest BCUT2D eigenvalue weighted by molar-refractivity contribution is 5.52. The zero-order valence-corrected chi connectivity index (χ0v) is 8.90. The second-order valence-electron chi connectivity index (χ2n) is 3.86. The molecule has 4 nitrogen and oxygen atoms in total. The lowest BCUT2D eigenvalue weighted by atomic mass is 10.3. The van der Waals surface area contributed by atoms with E-state index in [-0.39, 0.29) is 6.10 Å². The van der Waals surface area contributed by atoms with E-state index in [1.165, 1.54) is 0 Å². The van der Waals surface area contributed by atoms with Crippen molar-refractivity contribution in [2.75, 3.05) is 19.0 Å². The molecule has 1 fully saturated rings. The molecule has 15 heavy (non-hydrogen) atoms. The van der Waals surface area contributed by atoms with Gasteiger partial charge in [0, 0.05) is 20.2 Å². The Kier molecular flexibility index (Phi) is 2.46. The molecule has 0 saturated heterocycles. The molecule has 1 aliphatic rings. The molecule has 0 atom stereocenters. The van der Waals surface area contributed by atoms with Crippen LogP contribution in [0, 0.1) is 11.3 Å². The summed E-state index contributed by atoms with van der Waals surface area (Å²) in [7, 11) is 3.87. The molecule has 1 aromatic rings. The molecule has 1 aliphatic carbocycles. The van der Waals surface area contributed by atoms with Gasteiger partial charge in [-0.05, 0) is 12.8 Å². The lowest BCUT2D eigenvalue weighted by molar-refractivity contribution is 0.301. The van der Waals surface area contributed by atoms with Gasteiger partial charge in [-0.25, -0.2) is 4.98 Å². The van der Waals surface area contributed by atoms with Crippen LogP contribution in [0.1, 0.15) is 18.5 Å². The second-order valence-corrected chi connectivity index (χ2v) is 3.86. The molecule has 78 valence electrons. The molecule has 1 aromatic heterocycles. The van der Waals surface area contributed by atoms with E-state index in [1.807, 2.05) is 31.1 Å². The van der Waals surface area contributed by atoms with Crippen molar-refractivity contribution in [2.45, 2.75) is 18.9 Å². The van der Waals surface area contributed by atoms with E-state index in [1.54, 1.807) is 6.20 Å². The third-order valence-electron chi connectivity index (χ3n) is 2.28. The fourth-order valence-corrected chi connectivity index (χ4v) is 1.22. The van der Waals surface area contributed by atoms with E-state index in [9.17, 15) is 0 Å². The van der Waals surface area contributed by atoms with E-state index in [0.717, 1.165) is 18.5 Å². The average Bonchev–Trinajstić information content (AvgIpc) is 3.01. The van der Waals surface area contributed by atoms with Gasteiger partial charge in [-0.15, -0.1) is 0 Å². The van der Waals surface area contributed by atoms with Gasteiger partial charge in [0.1, 0.15) is 6.07 Å². The molecule has 0 amide bonds. The maximum Gasteiger partial charge on any atom is 0.182 e. The molecule has 1 saturated carbocycles. The number of aromatic nitrogens is 1. The van der Waals surface area contributed by atoms with Crippen LogP contribution in [0.25, 0.3) is 0 Å². The first kappa shape index (κ1) is 9.78. The van der Waals surface area contributed by atoms with Crippen molar-refractivity contribution in [1.82, 2.24) is 4.98 Å². The van der Waals surface area contributed by atoms with E-state index in [4.69, 9.17) is 10.00 Å². The van der Waals surface area contributed by atoms with E-state index in [0.29, 0.717) is 11.4 Å². The van der Waals surface area contributed by atoms with Gasteiger partial charge >= 0.3 is 0 Å². The van der Waals surface area contributed by atoms with Crippen LogP contribution in [-0.2, 0) is 0 Å². The van der Waals surface area contributed by atoms with Gasteiger partial charge in [-0.2, -0.15) is 5.26 Å². The highest BCUT2D eigenvalue weighted by atomic mass is 16.5. The Morgan fingerprint density at radius 3 is 2.80 bits per heavy atom. The summed E-state index contributed by atoms with van der Waals surface area (Å²) in [5, 5.41) is 8.88. The number of nitriles is 1. The maximum absolute atomic E-state index is 8.88. The number of pyridine rings is 1. The Labute approximate surface area is 89.1 Å². The van der Waals surface area contributed by atoms with Crippen LogP contribution in [0.15, 0.2) is 12.3 Å². The summed E-state index contributed by atoms with van der Waals surface area (Å²) in [6, 6.07) is 3.91. The molecule has 0 bridgehead atoms. The molecule has 0 N–H and O–H groups in total. The minimum Gasteiger partial charge on any atom is -0.487 e. The number of ether oxygens (including phenoxy) is 1. The Bertz CT molecular complexity index is 405. The molecular formula is C11H13N3O. The van der Waals surface area contributed by atoms with E-state index < -0.39 is 0 Å². The summed E-state index contributed by atoms with van der Waals surface area (Å²) in [6.45, 7) is 0. The fourth-order valence-electron chi connectivity index (χ4n) is 1.22. The predicted molar refractivity (Wildman–Crippen MR) is 56.9 cm³/mol. The number of hydrogen-bond acceptors (Lipinski definition) is 4. The highest BCUT2D eigenvalue weighted by Gasteiger charge is 2.25. The summed E-state index contributed by atoms with van der Waals surface area (Å²) in [4.78, 5) is 6.01. The van der Waals surface area contributed by atoms with Gasteiger partial charge in [-0.1, -0.05) is 0 Å². The van der Waals surface area contributed by atoms with Gasteiger partial charge in [-0.3, -0.25) is 0 Å². The number of nitrogens with zero attached hydrogens (tertiary/aromatic N) is 3. The van der Waals surface area contributed by atoms with Gasteiger partial charge < -0.3 is 9.64 Å². The van der Waals surface area contributed by atoms with Crippen LogP contribution in [0.5, 0.6) is 5.75 Å². The first-order chi connectivity index (χ1) is 7.20. The van der Waals surface area contributed by atoms with Crippen LogP contribution in [0.2, 0.25) is 0 Å². The normalized spacial score (nSPS) is 14.5. The van der Waals surface area contributed by atoms with Crippen molar-refractivity contribution in [3.05, 3.63) is 18.0 Å². The molecule has 4 heteroatoms. The standard InChI is InChI=1S/C11H13N3O/c1-14(2)8-5-11(15-9-3-4-9)10(6-12)13-7-8/h5,7,9H,3-4H2,1-2H3. The van der Waals surface area contributed by atoms with Crippen LogP contribution >= 0.6 is 0 Å². The molecule has 0 radical (unpaired) electrons. The number of rotatable bonds is 3. The zero-order chi connectivity index (χ0) is 10.8. The molecule has 1 heterocycles. The molecular weight excluding hydrogens is 190 g/mol. The SMILES string of the molecule is CN(C)c1cnc(C#N)c(OC2CC2)c1. The molecule has 2 rings (SSSR count). The topological polar surface area (TPSA) is 49.2 Å². The first-order valence-electron chi connectivity index (χ1n) is 4.95. The van der Waals surface area contributed by atoms with Crippen molar-refractivity contribution in [3.63, 3.8) is 0 Å². The summed E-state index contributed by atoms with van der Waals surface area (Å²) in [5.74, 6) is 0.603. The van der Waals surface area contributed by atoms with E-state index >= 15 is 0 Å². The van der Waals surface area contributed by atoms with Crippen LogP contribution in [0.4, 0.5) is 5.69 Å².